The van der Waals surface area contributed by atoms with Gasteiger partial charge in [0.25, 0.3) is 11.8 Å². The third kappa shape index (κ3) is 3.27. The fourth-order valence-corrected chi connectivity index (χ4v) is 5.53. The number of amides is 2. The molecule has 172 valence electrons. The average molecular weight is 455 g/mol. The van der Waals surface area contributed by atoms with Crippen LogP contribution < -0.4 is 5.69 Å². The van der Waals surface area contributed by atoms with Crippen LogP contribution in [0, 0.1) is 6.92 Å². The van der Waals surface area contributed by atoms with Crippen LogP contribution in [0.1, 0.15) is 45.2 Å². The fourth-order valence-electron chi connectivity index (χ4n) is 5.53. The van der Waals surface area contributed by atoms with Crippen molar-refractivity contribution in [2.24, 2.45) is 0 Å². The lowest BCUT2D eigenvalue weighted by Gasteiger charge is -2.34. The Morgan fingerprint density at radius 3 is 2.24 bits per heavy atom. The number of carbonyl (C=O) groups excluding carboxylic acids is 2. The Labute approximate surface area is 196 Å². The first kappa shape index (κ1) is 20.9. The van der Waals surface area contributed by atoms with Crippen molar-refractivity contribution in [3.8, 4) is 0 Å². The number of aromatic amines is 1. The number of H-pyrrole nitrogens is 1. The Kier molecular flexibility index (Phi) is 4.88. The quantitative estimate of drug-likeness (QED) is 0.477. The molecule has 2 aliphatic rings. The van der Waals surface area contributed by atoms with Crippen molar-refractivity contribution in [3.63, 3.8) is 0 Å². The third-order valence-electron chi connectivity index (χ3n) is 7.29. The second kappa shape index (κ2) is 7.95. The van der Waals surface area contributed by atoms with Crippen LogP contribution in [0.4, 0.5) is 0 Å². The summed E-state index contributed by atoms with van der Waals surface area (Å²) in [4.78, 5) is 45.5. The van der Waals surface area contributed by atoms with E-state index in [1.165, 1.54) is 4.90 Å². The Morgan fingerprint density at radius 2 is 1.56 bits per heavy atom. The van der Waals surface area contributed by atoms with E-state index in [-0.39, 0.29) is 23.5 Å². The number of aromatic nitrogens is 2. The van der Waals surface area contributed by atoms with Crippen LogP contribution in [0.5, 0.6) is 0 Å². The van der Waals surface area contributed by atoms with Crippen molar-refractivity contribution < 1.29 is 9.59 Å². The second-order valence-corrected chi connectivity index (χ2v) is 9.36. The van der Waals surface area contributed by atoms with Crippen LogP contribution in [0.2, 0.25) is 0 Å². The van der Waals surface area contributed by atoms with E-state index in [0.29, 0.717) is 24.2 Å². The van der Waals surface area contributed by atoms with E-state index in [1.54, 1.807) is 12.1 Å². The molecule has 0 aliphatic carbocycles. The number of nitrogens with one attached hydrogen (secondary N) is 1. The van der Waals surface area contributed by atoms with Gasteiger partial charge in [-0.25, -0.2) is 4.79 Å². The van der Waals surface area contributed by atoms with Gasteiger partial charge in [-0.15, -0.1) is 0 Å². The van der Waals surface area contributed by atoms with Gasteiger partial charge >= 0.3 is 5.69 Å². The maximum atomic E-state index is 13.1. The molecule has 7 nitrogen and oxygen atoms in total. The molecule has 2 aliphatic heterocycles. The van der Waals surface area contributed by atoms with Crippen molar-refractivity contribution >= 4 is 33.6 Å². The summed E-state index contributed by atoms with van der Waals surface area (Å²) in [6.45, 7) is 4.64. The van der Waals surface area contributed by atoms with Crippen LogP contribution >= 0.6 is 0 Å². The predicted octanol–water partition coefficient (Wildman–Crippen LogP) is 3.72. The first-order chi connectivity index (χ1) is 16.5. The van der Waals surface area contributed by atoms with Gasteiger partial charge in [-0.3, -0.25) is 19.1 Å². The molecular weight excluding hydrogens is 428 g/mol. The summed E-state index contributed by atoms with van der Waals surface area (Å²) >= 11 is 0. The maximum Gasteiger partial charge on any atom is 0.326 e. The normalized spacial score (nSPS) is 17.3. The lowest BCUT2D eigenvalue weighted by Crippen LogP contribution is -2.46. The molecule has 3 heterocycles. The Bertz CT molecular complexity index is 1460. The highest BCUT2D eigenvalue weighted by Crippen LogP contribution is 2.30. The number of hydrogen-bond donors (Lipinski definition) is 1. The molecule has 6 rings (SSSR count). The second-order valence-electron chi connectivity index (χ2n) is 9.36. The molecule has 34 heavy (non-hydrogen) atoms. The molecule has 0 unspecified atom stereocenters. The maximum absolute atomic E-state index is 13.1. The molecule has 0 atom stereocenters. The molecule has 0 saturated carbocycles. The molecule has 0 radical (unpaired) electrons. The molecule has 0 spiro atoms. The summed E-state index contributed by atoms with van der Waals surface area (Å²) < 4.78 is 1.89. The summed E-state index contributed by atoms with van der Waals surface area (Å²) in [7, 11) is 0. The number of imidazole rings is 1. The SMILES string of the molecule is Cc1ccc2c(c1)[nH]c(=O)n2C1CCN(CCN2C(=O)c3cccc4cccc(c34)C2=O)CC1. The van der Waals surface area contributed by atoms with Gasteiger partial charge in [0.2, 0.25) is 0 Å². The minimum absolute atomic E-state index is 0.0589. The Hall–Kier alpha value is -3.71. The lowest BCUT2D eigenvalue weighted by molar-refractivity contribution is 0.0583. The number of benzene rings is 3. The van der Waals surface area contributed by atoms with Crippen LogP contribution in [-0.2, 0) is 0 Å². The van der Waals surface area contributed by atoms with Gasteiger partial charge in [-0.2, -0.15) is 0 Å². The smallest absolute Gasteiger partial charge is 0.306 e. The van der Waals surface area contributed by atoms with E-state index < -0.39 is 0 Å². The van der Waals surface area contributed by atoms with Crippen LogP contribution in [-0.4, -0.2) is 57.3 Å². The molecular formula is C27H26N4O3. The molecule has 1 aromatic heterocycles. The highest BCUT2D eigenvalue weighted by molar-refractivity contribution is 6.25. The first-order valence-corrected chi connectivity index (χ1v) is 11.8. The molecule has 1 N–H and O–H groups in total. The number of hydrogen-bond acceptors (Lipinski definition) is 4. The van der Waals surface area contributed by atoms with Crippen molar-refractivity contribution in [3.05, 3.63) is 81.8 Å². The molecule has 4 aromatic rings. The highest BCUT2D eigenvalue weighted by atomic mass is 16.2. The van der Waals surface area contributed by atoms with Gasteiger partial charge in [0.15, 0.2) is 0 Å². The summed E-state index contributed by atoms with van der Waals surface area (Å²) in [5.74, 6) is -0.436. The zero-order chi connectivity index (χ0) is 23.4. The number of aryl methyl sites for hydroxylation is 1. The van der Waals surface area contributed by atoms with Crippen LogP contribution in [0.25, 0.3) is 21.8 Å². The van der Waals surface area contributed by atoms with E-state index >= 15 is 0 Å². The Morgan fingerprint density at radius 1 is 0.882 bits per heavy atom. The summed E-state index contributed by atoms with van der Waals surface area (Å²) in [6.07, 6.45) is 1.70. The molecule has 1 saturated heterocycles. The van der Waals surface area contributed by atoms with E-state index in [0.717, 1.165) is 53.3 Å². The zero-order valence-electron chi connectivity index (χ0n) is 19.1. The van der Waals surface area contributed by atoms with E-state index in [1.807, 2.05) is 54.0 Å². The van der Waals surface area contributed by atoms with Gasteiger partial charge < -0.3 is 9.88 Å². The first-order valence-electron chi connectivity index (χ1n) is 11.8. The number of fused-ring (bicyclic) bond motifs is 1. The molecule has 0 bridgehead atoms. The lowest BCUT2D eigenvalue weighted by atomic mass is 9.94. The molecule has 3 aromatic carbocycles. The topological polar surface area (TPSA) is 78.4 Å². The predicted molar refractivity (Wildman–Crippen MR) is 131 cm³/mol. The van der Waals surface area contributed by atoms with Gasteiger partial charge in [0, 0.05) is 48.7 Å². The highest BCUT2D eigenvalue weighted by Gasteiger charge is 2.33. The van der Waals surface area contributed by atoms with E-state index in [2.05, 4.69) is 9.88 Å². The van der Waals surface area contributed by atoms with Gasteiger partial charge in [-0.1, -0.05) is 30.3 Å². The van der Waals surface area contributed by atoms with Gasteiger partial charge in [-0.05, 0) is 55.0 Å². The largest absolute Gasteiger partial charge is 0.326 e. The zero-order valence-corrected chi connectivity index (χ0v) is 19.1. The summed E-state index contributed by atoms with van der Waals surface area (Å²) in [6, 6.07) is 17.4. The molecule has 1 fully saturated rings. The van der Waals surface area contributed by atoms with Crippen LogP contribution in [0.3, 0.4) is 0 Å². The monoisotopic (exact) mass is 454 g/mol. The number of piperidine rings is 1. The number of nitrogens with zero attached hydrogens (tertiary/aromatic N) is 3. The minimum atomic E-state index is -0.218. The molecule has 2 amide bonds. The third-order valence-corrected chi connectivity index (χ3v) is 7.29. The minimum Gasteiger partial charge on any atom is -0.306 e. The van der Waals surface area contributed by atoms with E-state index in [4.69, 9.17) is 0 Å². The van der Waals surface area contributed by atoms with Crippen molar-refractivity contribution in [2.45, 2.75) is 25.8 Å². The van der Waals surface area contributed by atoms with Crippen molar-refractivity contribution in [1.29, 1.82) is 0 Å². The number of rotatable bonds is 4. The Balaban J connectivity index is 1.15. The van der Waals surface area contributed by atoms with Crippen LogP contribution in [0.15, 0.2) is 59.4 Å². The summed E-state index contributed by atoms with van der Waals surface area (Å²) in [5, 5.41) is 1.68. The number of imide groups is 1. The van der Waals surface area contributed by atoms with Crippen molar-refractivity contribution in [2.75, 3.05) is 26.2 Å². The average Bonchev–Trinajstić information content (AvgIpc) is 3.17. The summed E-state index contributed by atoms with van der Waals surface area (Å²) in [5.41, 5.74) is 4.09. The van der Waals surface area contributed by atoms with Gasteiger partial charge in [0.05, 0.1) is 11.0 Å². The molecule has 7 heteroatoms. The number of carbonyl (C=O) groups is 2. The number of likely N-dealkylation sites (tertiary alicyclic amines) is 1. The van der Waals surface area contributed by atoms with Crippen molar-refractivity contribution in [1.82, 2.24) is 19.4 Å². The van der Waals surface area contributed by atoms with E-state index in [9.17, 15) is 14.4 Å². The van der Waals surface area contributed by atoms with Gasteiger partial charge in [0.1, 0.15) is 0 Å². The fraction of sp³-hybridized carbons (Fsp3) is 0.296. The standard InChI is InChI=1S/C27H26N4O3/c1-17-8-9-23-22(16-17)28-27(34)31(23)19-10-12-29(13-11-19)14-15-30-25(32)20-6-2-4-18-5-3-7-21(24(18)20)26(30)33/h2-9,16,19H,10-15H2,1H3,(H,28,34).